The van der Waals surface area contributed by atoms with Crippen LogP contribution in [0.15, 0.2) is 18.2 Å². The molecule has 1 aromatic carbocycles. The van der Waals surface area contributed by atoms with Gasteiger partial charge in [-0.25, -0.2) is 4.39 Å². The summed E-state index contributed by atoms with van der Waals surface area (Å²) >= 11 is 5.91. The van der Waals surface area contributed by atoms with E-state index in [4.69, 9.17) is 11.6 Å². The summed E-state index contributed by atoms with van der Waals surface area (Å²) in [6.45, 7) is 0.0801. The zero-order valence-electron chi connectivity index (χ0n) is 10.5. The third-order valence-corrected chi connectivity index (χ3v) is 3.48. The largest absolute Gasteiger partial charge is 0.344 e. The Morgan fingerprint density at radius 1 is 1.58 bits per heavy atom. The van der Waals surface area contributed by atoms with Crippen molar-refractivity contribution in [2.75, 3.05) is 7.05 Å². The van der Waals surface area contributed by atoms with E-state index in [1.54, 1.807) is 13.1 Å². The summed E-state index contributed by atoms with van der Waals surface area (Å²) in [4.78, 5) is 24.5. The molecule has 2 amide bonds. The molecule has 0 spiro atoms. The highest BCUT2D eigenvalue weighted by atomic mass is 35.5. The van der Waals surface area contributed by atoms with Crippen molar-refractivity contribution in [3.63, 3.8) is 0 Å². The van der Waals surface area contributed by atoms with Gasteiger partial charge < -0.3 is 10.2 Å². The second-order valence-corrected chi connectivity index (χ2v) is 4.96. The molecule has 1 N–H and O–H groups in total. The van der Waals surface area contributed by atoms with Crippen molar-refractivity contribution in [2.45, 2.75) is 25.4 Å². The Morgan fingerprint density at radius 3 is 2.89 bits per heavy atom. The van der Waals surface area contributed by atoms with E-state index in [1.165, 1.54) is 17.0 Å². The minimum absolute atomic E-state index is 0.0801. The Bertz CT molecular complexity index is 501. The van der Waals surface area contributed by atoms with Crippen LogP contribution in [0.4, 0.5) is 4.39 Å². The second kappa shape index (κ2) is 5.57. The molecule has 2 rings (SSSR count). The van der Waals surface area contributed by atoms with Gasteiger partial charge in [0.1, 0.15) is 11.9 Å². The molecule has 1 aliphatic heterocycles. The second-order valence-electron chi connectivity index (χ2n) is 4.55. The fourth-order valence-electron chi connectivity index (χ4n) is 2.06. The molecule has 1 heterocycles. The molecule has 0 saturated carbocycles. The van der Waals surface area contributed by atoms with Gasteiger partial charge in [-0.15, -0.1) is 0 Å². The lowest BCUT2D eigenvalue weighted by Gasteiger charge is -2.21. The van der Waals surface area contributed by atoms with Gasteiger partial charge in [0.2, 0.25) is 11.8 Å². The standard InChI is InChI=1S/C13H14ClFN2O2/c1-17(13(19)11-5-6-12(18)16-11)7-8-9(14)3-2-4-10(8)15/h2-4,11H,5-7H2,1H3,(H,16,18). The molecule has 0 aromatic heterocycles. The predicted octanol–water partition coefficient (Wildman–Crippen LogP) is 1.72. The van der Waals surface area contributed by atoms with Crippen molar-refractivity contribution in [3.8, 4) is 0 Å². The summed E-state index contributed by atoms with van der Waals surface area (Å²) in [6.07, 6.45) is 0.831. The molecule has 1 unspecified atom stereocenters. The average molecular weight is 285 g/mol. The van der Waals surface area contributed by atoms with E-state index < -0.39 is 11.9 Å². The summed E-state index contributed by atoms with van der Waals surface area (Å²) in [5.41, 5.74) is 0.282. The van der Waals surface area contributed by atoms with Crippen LogP contribution < -0.4 is 5.32 Å². The smallest absolute Gasteiger partial charge is 0.245 e. The molecule has 102 valence electrons. The molecule has 0 aliphatic carbocycles. The minimum atomic E-state index is -0.511. The van der Waals surface area contributed by atoms with Crippen molar-refractivity contribution in [3.05, 3.63) is 34.6 Å². The molecule has 4 nitrogen and oxygen atoms in total. The van der Waals surface area contributed by atoms with Crippen molar-refractivity contribution < 1.29 is 14.0 Å². The number of hydrogen-bond acceptors (Lipinski definition) is 2. The maximum Gasteiger partial charge on any atom is 0.245 e. The highest BCUT2D eigenvalue weighted by molar-refractivity contribution is 6.31. The van der Waals surface area contributed by atoms with Crippen LogP contribution in [0.25, 0.3) is 0 Å². The van der Waals surface area contributed by atoms with Crippen molar-refractivity contribution in [2.24, 2.45) is 0 Å². The highest BCUT2D eigenvalue weighted by Gasteiger charge is 2.29. The third-order valence-electron chi connectivity index (χ3n) is 3.13. The molecule has 19 heavy (non-hydrogen) atoms. The SMILES string of the molecule is CN(Cc1c(F)cccc1Cl)C(=O)C1CCC(=O)N1. The summed E-state index contributed by atoms with van der Waals surface area (Å²) in [7, 11) is 1.57. The first-order valence-electron chi connectivity index (χ1n) is 5.96. The first-order chi connectivity index (χ1) is 8.99. The monoisotopic (exact) mass is 284 g/mol. The Hall–Kier alpha value is -1.62. The van der Waals surface area contributed by atoms with E-state index in [0.717, 1.165) is 0 Å². The maximum atomic E-state index is 13.6. The van der Waals surface area contributed by atoms with Gasteiger partial charge in [-0.3, -0.25) is 9.59 Å². The number of nitrogens with one attached hydrogen (secondary N) is 1. The molecular formula is C13H14ClFN2O2. The topological polar surface area (TPSA) is 49.4 Å². The van der Waals surface area contributed by atoms with E-state index in [0.29, 0.717) is 12.8 Å². The normalized spacial score (nSPS) is 18.3. The fraction of sp³-hybridized carbons (Fsp3) is 0.385. The van der Waals surface area contributed by atoms with Crippen LogP contribution in [0, 0.1) is 5.82 Å². The van der Waals surface area contributed by atoms with Crippen LogP contribution in [-0.2, 0) is 16.1 Å². The minimum Gasteiger partial charge on any atom is -0.344 e. The molecule has 1 aliphatic rings. The Labute approximate surface area is 115 Å². The molecule has 1 atom stereocenters. The van der Waals surface area contributed by atoms with Gasteiger partial charge in [-0.1, -0.05) is 17.7 Å². The molecule has 1 aromatic rings. The molecule has 0 bridgehead atoms. The zero-order valence-corrected chi connectivity index (χ0v) is 11.2. The van der Waals surface area contributed by atoms with Crippen LogP contribution >= 0.6 is 11.6 Å². The van der Waals surface area contributed by atoms with Gasteiger partial charge in [0.15, 0.2) is 0 Å². The number of carbonyl (C=O) groups is 2. The van der Waals surface area contributed by atoms with Gasteiger partial charge in [0.25, 0.3) is 0 Å². The summed E-state index contributed by atoms with van der Waals surface area (Å²) in [5.74, 6) is -0.802. The molecular weight excluding hydrogens is 271 g/mol. The first-order valence-corrected chi connectivity index (χ1v) is 6.34. The number of benzene rings is 1. The van der Waals surface area contributed by atoms with Gasteiger partial charge in [0.05, 0.1) is 0 Å². The Kier molecular flexibility index (Phi) is 4.04. The first kappa shape index (κ1) is 13.8. The number of rotatable bonds is 3. The lowest BCUT2D eigenvalue weighted by atomic mass is 10.1. The third kappa shape index (κ3) is 3.04. The van der Waals surface area contributed by atoms with Crippen LogP contribution in [-0.4, -0.2) is 29.8 Å². The summed E-state index contributed by atoms with van der Waals surface area (Å²) < 4.78 is 13.6. The average Bonchev–Trinajstić information content (AvgIpc) is 2.79. The summed E-state index contributed by atoms with van der Waals surface area (Å²) in [6, 6.07) is 3.88. The van der Waals surface area contributed by atoms with Crippen LogP contribution in [0.3, 0.4) is 0 Å². The van der Waals surface area contributed by atoms with Crippen LogP contribution in [0.5, 0.6) is 0 Å². The molecule has 1 fully saturated rings. The van der Waals surface area contributed by atoms with E-state index in [9.17, 15) is 14.0 Å². The van der Waals surface area contributed by atoms with Gasteiger partial charge >= 0.3 is 0 Å². The maximum absolute atomic E-state index is 13.6. The number of hydrogen-bond donors (Lipinski definition) is 1. The van der Waals surface area contributed by atoms with E-state index in [2.05, 4.69) is 5.32 Å². The zero-order chi connectivity index (χ0) is 14.0. The van der Waals surface area contributed by atoms with Gasteiger partial charge in [-0.2, -0.15) is 0 Å². The Morgan fingerprint density at radius 2 is 2.32 bits per heavy atom. The lowest BCUT2D eigenvalue weighted by molar-refractivity contribution is -0.133. The van der Waals surface area contributed by atoms with Crippen LogP contribution in [0.1, 0.15) is 18.4 Å². The highest BCUT2D eigenvalue weighted by Crippen LogP contribution is 2.21. The number of amides is 2. The van der Waals surface area contributed by atoms with Gasteiger partial charge in [0, 0.05) is 30.6 Å². The van der Waals surface area contributed by atoms with Crippen molar-refractivity contribution >= 4 is 23.4 Å². The van der Waals surface area contributed by atoms with Crippen LogP contribution in [0.2, 0.25) is 5.02 Å². The number of nitrogens with zero attached hydrogens (tertiary/aromatic N) is 1. The number of halogens is 2. The van der Waals surface area contributed by atoms with E-state index >= 15 is 0 Å². The fourth-order valence-corrected chi connectivity index (χ4v) is 2.29. The molecule has 0 radical (unpaired) electrons. The molecule has 6 heteroatoms. The number of carbonyl (C=O) groups excluding carboxylic acids is 2. The van der Waals surface area contributed by atoms with E-state index in [1.807, 2.05) is 0 Å². The predicted molar refractivity (Wildman–Crippen MR) is 69.0 cm³/mol. The number of likely N-dealkylation sites (N-methyl/N-ethyl adjacent to an activating group) is 1. The van der Waals surface area contributed by atoms with Gasteiger partial charge in [-0.05, 0) is 18.6 Å². The summed E-state index contributed by atoms with van der Waals surface area (Å²) in [5, 5.41) is 2.88. The quantitative estimate of drug-likeness (QED) is 0.919. The van der Waals surface area contributed by atoms with Crippen molar-refractivity contribution in [1.82, 2.24) is 10.2 Å². The van der Waals surface area contributed by atoms with Crippen molar-refractivity contribution in [1.29, 1.82) is 0 Å². The Balaban J connectivity index is 2.06. The lowest BCUT2D eigenvalue weighted by Crippen LogP contribution is -2.42. The van der Waals surface area contributed by atoms with E-state index in [-0.39, 0.29) is 28.9 Å². The molecule has 1 saturated heterocycles.